The number of hydrogen-bond donors (Lipinski definition) is 1. The first-order valence-electron chi connectivity index (χ1n) is 9.39. The molecule has 0 heterocycles. The Balaban J connectivity index is 1.95. The van der Waals surface area contributed by atoms with E-state index >= 15 is 0 Å². The highest BCUT2D eigenvalue weighted by Gasteiger charge is 2.20. The third kappa shape index (κ3) is 5.87. The standard InChI is InChI=1S/C24H21BrN2O3/c1-30-24(29)27-22(17-8-4-2-5-9-17)16-21(18-12-14-20(25)15-13-18)26-23(28)19-10-6-3-7-11-19/h2-15,21H,16H2,1H3,(H,26,28)/b27-22-/t21-/m0/s1. The number of benzene rings is 3. The van der Waals surface area contributed by atoms with Crippen LogP contribution in [0.25, 0.3) is 0 Å². The van der Waals surface area contributed by atoms with Crippen molar-refractivity contribution in [2.75, 3.05) is 7.11 Å². The third-order valence-electron chi connectivity index (χ3n) is 4.52. The molecule has 3 rings (SSSR count). The number of amides is 2. The molecule has 152 valence electrons. The van der Waals surface area contributed by atoms with Crippen LogP contribution in [0.1, 0.15) is 33.9 Å². The van der Waals surface area contributed by atoms with Gasteiger partial charge in [-0.1, -0.05) is 76.6 Å². The monoisotopic (exact) mass is 464 g/mol. The Morgan fingerprint density at radius 3 is 2.03 bits per heavy atom. The van der Waals surface area contributed by atoms with Gasteiger partial charge in [-0.2, -0.15) is 4.99 Å². The number of halogens is 1. The largest absolute Gasteiger partial charge is 0.451 e. The van der Waals surface area contributed by atoms with Gasteiger partial charge in [0, 0.05) is 16.5 Å². The molecule has 1 atom stereocenters. The smallest absolute Gasteiger partial charge is 0.433 e. The van der Waals surface area contributed by atoms with Gasteiger partial charge in [-0.3, -0.25) is 4.79 Å². The maximum absolute atomic E-state index is 12.8. The van der Waals surface area contributed by atoms with E-state index in [1.54, 1.807) is 12.1 Å². The Morgan fingerprint density at radius 2 is 1.47 bits per heavy atom. The number of nitrogens with one attached hydrogen (secondary N) is 1. The minimum absolute atomic E-state index is 0.200. The van der Waals surface area contributed by atoms with Gasteiger partial charge >= 0.3 is 6.09 Å². The van der Waals surface area contributed by atoms with Gasteiger partial charge in [0.1, 0.15) is 0 Å². The fraction of sp³-hybridized carbons (Fsp3) is 0.125. The number of rotatable bonds is 6. The number of methoxy groups -OCH3 is 1. The molecular weight excluding hydrogens is 444 g/mol. The number of ether oxygens (including phenoxy) is 1. The molecule has 0 radical (unpaired) electrons. The van der Waals surface area contributed by atoms with Gasteiger partial charge in [-0.15, -0.1) is 0 Å². The maximum Gasteiger partial charge on any atom is 0.433 e. The first-order chi connectivity index (χ1) is 14.6. The van der Waals surface area contributed by atoms with E-state index in [-0.39, 0.29) is 5.91 Å². The van der Waals surface area contributed by atoms with E-state index in [1.807, 2.05) is 72.8 Å². The molecular formula is C24H21BrN2O3. The molecule has 0 saturated carbocycles. The van der Waals surface area contributed by atoms with Crippen molar-refractivity contribution in [2.45, 2.75) is 12.5 Å². The molecule has 0 aliphatic rings. The van der Waals surface area contributed by atoms with Gasteiger partial charge in [0.05, 0.1) is 18.9 Å². The van der Waals surface area contributed by atoms with Crippen LogP contribution in [0, 0.1) is 0 Å². The third-order valence-corrected chi connectivity index (χ3v) is 5.05. The van der Waals surface area contributed by atoms with Crippen molar-refractivity contribution in [3.63, 3.8) is 0 Å². The van der Waals surface area contributed by atoms with Crippen molar-refractivity contribution in [2.24, 2.45) is 4.99 Å². The van der Waals surface area contributed by atoms with Crippen molar-refractivity contribution in [3.05, 3.63) is 106 Å². The lowest BCUT2D eigenvalue weighted by Crippen LogP contribution is -2.30. The van der Waals surface area contributed by atoms with Gasteiger partial charge in [0.25, 0.3) is 5.91 Å². The van der Waals surface area contributed by atoms with E-state index in [4.69, 9.17) is 4.74 Å². The zero-order chi connectivity index (χ0) is 21.3. The molecule has 0 spiro atoms. The Morgan fingerprint density at radius 1 is 0.900 bits per heavy atom. The second-order valence-corrected chi connectivity index (χ2v) is 7.46. The van der Waals surface area contributed by atoms with E-state index in [1.165, 1.54) is 7.11 Å². The van der Waals surface area contributed by atoms with Crippen LogP contribution in [0.15, 0.2) is 94.4 Å². The summed E-state index contributed by atoms with van der Waals surface area (Å²) >= 11 is 3.44. The predicted octanol–water partition coefficient (Wildman–Crippen LogP) is 5.57. The van der Waals surface area contributed by atoms with E-state index in [0.29, 0.717) is 17.7 Å². The minimum atomic E-state index is -0.683. The fourth-order valence-corrected chi connectivity index (χ4v) is 3.25. The van der Waals surface area contributed by atoms with Crippen LogP contribution in [-0.4, -0.2) is 24.8 Å². The molecule has 0 aromatic heterocycles. The van der Waals surface area contributed by atoms with Gasteiger partial charge in [0.15, 0.2) is 0 Å². The van der Waals surface area contributed by atoms with Crippen LogP contribution in [0.4, 0.5) is 4.79 Å². The van der Waals surface area contributed by atoms with Crippen LogP contribution in [-0.2, 0) is 4.74 Å². The summed E-state index contributed by atoms with van der Waals surface area (Å²) in [6.45, 7) is 0. The molecule has 0 aliphatic carbocycles. The number of hydrogen-bond acceptors (Lipinski definition) is 3. The molecule has 3 aromatic rings. The molecule has 0 fully saturated rings. The molecule has 5 nitrogen and oxygen atoms in total. The zero-order valence-electron chi connectivity index (χ0n) is 16.4. The molecule has 3 aromatic carbocycles. The number of nitrogens with zero attached hydrogens (tertiary/aromatic N) is 1. The second kappa shape index (κ2) is 10.5. The highest BCUT2D eigenvalue weighted by molar-refractivity contribution is 9.10. The van der Waals surface area contributed by atoms with Crippen LogP contribution < -0.4 is 5.32 Å². The molecule has 6 heteroatoms. The van der Waals surface area contributed by atoms with Gasteiger partial charge in [-0.25, -0.2) is 4.79 Å². The van der Waals surface area contributed by atoms with Gasteiger partial charge in [0.2, 0.25) is 0 Å². The number of carbonyl (C=O) groups is 2. The molecule has 1 N–H and O–H groups in total. The average Bonchev–Trinajstić information content (AvgIpc) is 2.79. The topological polar surface area (TPSA) is 67.8 Å². The highest BCUT2D eigenvalue weighted by atomic mass is 79.9. The fourth-order valence-electron chi connectivity index (χ4n) is 2.99. The second-order valence-electron chi connectivity index (χ2n) is 6.54. The highest BCUT2D eigenvalue weighted by Crippen LogP contribution is 2.23. The zero-order valence-corrected chi connectivity index (χ0v) is 18.0. The molecule has 0 aliphatic heterocycles. The van der Waals surface area contributed by atoms with Crippen LogP contribution in [0.5, 0.6) is 0 Å². The Kier molecular flexibility index (Phi) is 7.51. The molecule has 0 unspecified atom stereocenters. The molecule has 0 saturated heterocycles. The van der Waals surface area contributed by atoms with E-state index in [2.05, 4.69) is 26.2 Å². The lowest BCUT2D eigenvalue weighted by molar-refractivity contribution is 0.0938. The minimum Gasteiger partial charge on any atom is -0.451 e. The quantitative estimate of drug-likeness (QED) is 0.485. The number of aliphatic imine (C=N–C) groups is 1. The van der Waals surface area contributed by atoms with E-state index in [9.17, 15) is 9.59 Å². The van der Waals surface area contributed by atoms with Crippen LogP contribution >= 0.6 is 15.9 Å². The lowest BCUT2D eigenvalue weighted by atomic mass is 9.96. The normalized spacial score (nSPS) is 12.1. The van der Waals surface area contributed by atoms with Crippen molar-refractivity contribution in [1.29, 1.82) is 0 Å². The van der Waals surface area contributed by atoms with E-state index in [0.717, 1.165) is 15.6 Å². The first kappa shape index (κ1) is 21.5. The summed E-state index contributed by atoms with van der Waals surface area (Å²) in [5.74, 6) is -0.200. The summed E-state index contributed by atoms with van der Waals surface area (Å²) in [4.78, 5) is 28.9. The van der Waals surface area contributed by atoms with Crippen molar-refractivity contribution < 1.29 is 14.3 Å². The SMILES string of the molecule is COC(=O)/N=C(/C[C@H](NC(=O)c1ccccc1)c1ccc(Br)cc1)c1ccccc1. The van der Waals surface area contributed by atoms with Crippen molar-refractivity contribution >= 4 is 33.6 Å². The first-order valence-corrected chi connectivity index (χ1v) is 10.2. The van der Waals surface area contributed by atoms with E-state index < -0.39 is 12.1 Å². The van der Waals surface area contributed by atoms with Crippen LogP contribution in [0.3, 0.4) is 0 Å². The predicted molar refractivity (Wildman–Crippen MR) is 121 cm³/mol. The molecule has 2 amide bonds. The summed E-state index contributed by atoms with van der Waals surface area (Å²) in [5.41, 5.74) is 2.78. The summed E-state index contributed by atoms with van der Waals surface area (Å²) in [5, 5.41) is 3.07. The Labute approximate surface area is 183 Å². The summed E-state index contributed by atoms with van der Waals surface area (Å²) in [7, 11) is 1.29. The molecule has 0 bridgehead atoms. The Hall–Kier alpha value is -3.25. The summed E-state index contributed by atoms with van der Waals surface area (Å²) < 4.78 is 5.67. The maximum atomic E-state index is 12.8. The molecule has 30 heavy (non-hydrogen) atoms. The lowest BCUT2D eigenvalue weighted by Gasteiger charge is -2.21. The average molecular weight is 465 g/mol. The van der Waals surface area contributed by atoms with Crippen molar-refractivity contribution in [3.8, 4) is 0 Å². The summed E-state index contributed by atoms with van der Waals surface area (Å²) in [6.07, 6.45) is -0.364. The van der Waals surface area contributed by atoms with Crippen molar-refractivity contribution in [1.82, 2.24) is 5.32 Å². The number of carbonyl (C=O) groups excluding carboxylic acids is 2. The van der Waals surface area contributed by atoms with Gasteiger partial charge < -0.3 is 10.1 Å². The Bertz CT molecular complexity index is 1020. The van der Waals surface area contributed by atoms with Crippen LogP contribution in [0.2, 0.25) is 0 Å². The summed E-state index contributed by atoms with van der Waals surface area (Å²) in [6, 6.07) is 25.7. The van der Waals surface area contributed by atoms with Gasteiger partial charge in [-0.05, 0) is 35.4 Å².